The van der Waals surface area contributed by atoms with Gasteiger partial charge in [0.1, 0.15) is 5.82 Å². The quantitative estimate of drug-likeness (QED) is 0.839. The molecule has 0 radical (unpaired) electrons. The number of aliphatic hydroxyl groups is 1. The Balaban J connectivity index is 2.01. The van der Waals surface area contributed by atoms with Gasteiger partial charge in [-0.25, -0.2) is 0 Å². The number of amides is 1. The van der Waals surface area contributed by atoms with Crippen molar-refractivity contribution in [1.29, 1.82) is 0 Å². The normalized spacial score (nSPS) is 22.3. The van der Waals surface area contributed by atoms with Crippen LogP contribution < -0.4 is 5.32 Å². The number of nitrogens with zero attached hydrogens (tertiary/aromatic N) is 3. The SMILES string of the molecule is CN(C)C(=O)c1ccc(NC2CCCC2CO)nn1. The molecule has 2 unspecified atom stereocenters. The molecule has 1 saturated carbocycles. The van der Waals surface area contributed by atoms with E-state index in [2.05, 4.69) is 15.5 Å². The summed E-state index contributed by atoms with van der Waals surface area (Å²) in [5.41, 5.74) is 0.334. The third kappa shape index (κ3) is 3.20. The van der Waals surface area contributed by atoms with E-state index >= 15 is 0 Å². The van der Waals surface area contributed by atoms with Crippen LogP contribution in [-0.2, 0) is 0 Å². The van der Waals surface area contributed by atoms with Crippen LogP contribution in [0.25, 0.3) is 0 Å². The van der Waals surface area contributed by atoms with Gasteiger partial charge < -0.3 is 15.3 Å². The lowest BCUT2D eigenvalue weighted by Crippen LogP contribution is -2.27. The molecule has 1 aromatic heterocycles. The Kier molecular flexibility index (Phi) is 4.31. The van der Waals surface area contributed by atoms with Crippen molar-refractivity contribution in [3.05, 3.63) is 17.8 Å². The summed E-state index contributed by atoms with van der Waals surface area (Å²) in [6.07, 6.45) is 3.19. The first-order valence-electron chi connectivity index (χ1n) is 6.54. The minimum atomic E-state index is -0.159. The van der Waals surface area contributed by atoms with Gasteiger partial charge in [0, 0.05) is 32.7 Å². The van der Waals surface area contributed by atoms with Gasteiger partial charge in [-0.05, 0) is 25.0 Å². The second-order valence-electron chi connectivity index (χ2n) is 5.13. The van der Waals surface area contributed by atoms with E-state index in [0.29, 0.717) is 11.5 Å². The number of carbonyl (C=O) groups is 1. The van der Waals surface area contributed by atoms with Crippen molar-refractivity contribution in [2.24, 2.45) is 5.92 Å². The Morgan fingerprint density at radius 3 is 2.79 bits per heavy atom. The molecule has 1 aromatic rings. The van der Waals surface area contributed by atoms with Gasteiger partial charge in [-0.15, -0.1) is 10.2 Å². The smallest absolute Gasteiger partial charge is 0.273 e. The summed E-state index contributed by atoms with van der Waals surface area (Å²) in [5, 5.41) is 20.5. The zero-order chi connectivity index (χ0) is 13.8. The molecule has 1 fully saturated rings. The summed E-state index contributed by atoms with van der Waals surface area (Å²) >= 11 is 0. The van der Waals surface area contributed by atoms with E-state index in [1.807, 2.05) is 0 Å². The van der Waals surface area contributed by atoms with Crippen molar-refractivity contribution in [2.45, 2.75) is 25.3 Å². The molecule has 0 spiro atoms. The third-order valence-electron chi connectivity index (χ3n) is 3.52. The number of aromatic nitrogens is 2. The van der Waals surface area contributed by atoms with E-state index in [4.69, 9.17) is 0 Å². The highest BCUT2D eigenvalue weighted by Crippen LogP contribution is 2.27. The molecule has 1 heterocycles. The van der Waals surface area contributed by atoms with E-state index in [9.17, 15) is 9.90 Å². The van der Waals surface area contributed by atoms with Gasteiger partial charge in [0.25, 0.3) is 5.91 Å². The van der Waals surface area contributed by atoms with Gasteiger partial charge >= 0.3 is 0 Å². The highest BCUT2D eigenvalue weighted by Gasteiger charge is 2.26. The average molecular weight is 264 g/mol. The van der Waals surface area contributed by atoms with Crippen LogP contribution in [-0.4, -0.2) is 52.9 Å². The number of anilines is 1. The van der Waals surface area contributed by atoms with Crippen molar-refractivity contribution in [3.63, 3.8) is 0 Å². The molecule has 0 saturated heterocycles. The molecule has 2 rings (SSSR count). The maximum Gasteiger partial charge on any atom is 0.273 e. The molecule has 0 bridgehead atoms. The van der Waals surface area contributed by atoms with Crippen LogP contribution in [0, 0.1) is 5.92 Å². The van der Waals surface area contributed by atoms with Gasteiger partial charge in [-0.1, -0.05) is 6.42 Å². The van der Waals surface area contributed by atoms with Crippen molar-refractivity contribution in [3.8, 4) is 0 Å². The molecular weight excluding hydrogens is 244 g/mol. The first kappa shape index (κ1) is 13.7. The van der Waals surface area contributed by atoms with Crippen LogP contribution in [0.3, 0.4) is 0 Å². The number of aliphatic hydroxyl groups excluding tert-OH is 1. The van der Waals surface area contributed by atoms with Crippen molar-refractivity contribution < 1.29 is 9.90 Å². The summed E-state index contributed by atoms with van der Waals surface area (Å²) in [5.74, 6) is 0.777. The van der Waals surface area contributed by atoms with Gasteiger partial charge in [-0.2, -0.15) is 0 Å². The van der Waals surface area contributed by atoms with Crippen molar-refractivity contribution >= 4 is 11.7 Å². The van der Waals surface area contributed by atoms with Crippen LogP contribution in [0.4, 0.5) is 5.82 Å². The molecule has 104 valence electrons. The highest BCUT2D eigenvalue weighted by molar-refractivity contribution is 5.91. The minimum absolute atomic E-state index is 0.159. The largest absolute Gasteiger partial charge is 0.396 e. The molecular formula is C13H20N4O2. The van der Waals surface area contributed by atoms with E-state index < -0.39 is 0 Å². The fourth-order valence-electron chi connectivity index (χ4n) is 2.39. The van der Waals surface area contributed by atoms with Gasteiger partial charge in [0.2, 0.25) is 0 Å². The average Bonchev–Trinajstić information content (AvgIpc) is 2.86. The molecule has 0 aromatic carbocycles. The van der Waals surface area contributed by atoms with Crippen molar-refractivity contribution in [1.82, 2.24) is 15.1 Å². The minimum Gasteiger partial charge on any atom is -0.396 e. The third-order valence-corrected chi connectivity index (χ3v) is 3.52. The second-order valence-corrected chi connectivity index (χ2v) is 5.13. The first-order chi connectivity index (χ1) is 9.11. The van der Waals surface area contributed by atoms with E-state index in [1.54, 1.807) is 26.2 Å². The van der Waals surface area contributed by atoms with E-state index in [0.717, 1.165) is 19.3 Å². The van der Waals surface area contributed by atoms with Crippen LogP contribution in [0.5, 0.6) is 0 Å². The summed E-state index contributed by atoms with van der Waals surface area (Å²) in [4.78, 5) is 13.1. The lowest BCUT2D eigenvalue weighted by atomic mass is 10.1. The zero-order valence-electron chi connectivity index (χ0n) is 11.3. The Labute approximate surface area is 112 Å². The molecule has 19 heavy (non-hydrogen) atoms. The van der Waals surface area contributed by atoms with Crippen molar-refractivity contribution in [2.75, 3.05) is 26.0 Å². The Morgan fingerprint density at radius 2 is 2.21 bits per heavy atom. The molecule has 6 heteroatoms. The highest BCUT2D eigenvalue weighted by atomic mass is 16.3. The predicted molar refractivity (Wildman–Crippen MR) is 71.9 cm³/mol. The Morgan fingerprint density at radius 1 is 1.42 bits per heavy atom. The summed E-state index contributed by atoms with van der Waals surface area (Å²) < 4.78 is 0. The van der Waals surface area contributed by atoms with E-state index in [-0.39, 0.29) is 24.5 Å². The topological polar surface area (TPSA) is 78.4 Å². The zero-order valence-corrected chi connectivity index (χ0v) is 11.3. The number of carbonyl (C=O) groups excluding carboxylic acids is 1. The van der Waals surface area contributed by atoms with Crippen LogP contribution >= 0.6 is 0 Å². The lowest BCUT2D eigenvalue weighted by Gasteiger charge is -2.19. The molecule has 1 aliphatic carbocycles. The molecule has 2 atom stereocenters. The first-order valence-corrected chi connectivity index (χ1v) is 6.54. The van der Waals surface area contributed by atoms with Crippen LogP contribution in [0.1, 0.15) is 29.8 Å². The monoisotopic (exact) mass is 264 g/mol. The fourth-order valence-corrected chi connectivity index (χ4v) is 2.39. The maximum absolute atomic E-state index is 11.7. The fraction of sp³-hybridized carbons (Fsp3) is 0.615. The number of hydrogen-bond donors (Lipinski definition) is 2. The van der Waals surface area contributed by atoms with Crippen LogP contribution in [0.15, 0.2) is 12.1 Å². The number of rotatable bonds is 4. The summed E-state index contributed by atoms with van der Waals surface area (Å²) in [6.45, 7) is 0.197. The Hall–Kier alpha value is -1.69. The summed E-state index contributed by atoms with van der Waals surface area (Å²) in [6, 6.07) is 3.67. The maximum atomic E-state index is 11.7. The molecule has 6 nitrogen and oxygen atoms in total. The van der Waals surface area contributed by atoms with Gasteiger partial charge in [0.05, 0.1) is 0 Å². The second kappa shape index (κ2) is 5.97. The molecule has 2 N–H and O–H groups in total. The summed E-state index contributed by atoms with van der Waals surface area (Å²) in [7, 11) is 3.36. The standard InChI is InChI=1S/C13H20N4O2/c1-17(2)13(19)11-6-7-12(16-15-11)14-10-5-3-4-9(10)8-18/h6-7,9-10,18H,3-5,8H2,1-2H3,(H,14,16). The van der Waals surface area contributed by atoms with Gasteiger partial charge in [0.15, 0.2) is 5.69 Å². The lowest BCUT2D eigenvalue weighted by molar-refractivity contribution is 0.0821. The van der Waals surface area contributed by atoms with Crippen LogP contribution in [0.2, 0.25) is 0 Å². The number of hydrogen-bond acceptors (Lipinski definition) is 5. The number of nitrogens with one attached hydrogen (secondary N) is 1. The molecule has 1 aliphatic rings. The van der Waals surface area contributed by atoms with Gasteiger partial charge in [-0.3, -0.25) is 4.79 Å². The predicted octanol–water partition coefficient (Wildman–Crippen LogP) is 0.751. The molecule has 0 aliphatic heterocycles. The van der Waals surface area contributed by atoms with E-state index in [1.165, 1.54) is 4.90 Å². The molecule has 1 amide bonds. The Bertz CT molecular complexity index is 433.